The van der Waals surface area contributed by atoms with Crippen LogP contribution in [0.3, 0.4) is 0 Å². The molecular weight excluding hydrogens is 476 g/mol. The molecule has 0 spiro atoms. The minimum absolute atomic E-state index is 0.0455. The van der Waals surface area contributed by atoms with Crippen molar-refractivity contribution >= 4 is 12.1 Å². The second-order valence-electron chi connectivity index (χ2n) is 8.89. The van der Waals surface area contributed by atoms with Gasteiger partial charge in [0, 0.05) is 24.0 Å². The van der Waals surface area contributed by atoms with E-state index in [0.717, 1.165) is 34.4 Å². The van der Waals surface area contributed by atoms with Gasteiger partial charge in [-0.3, -0.25) is 0 Å². The highest BCUT2D eigenvalue weighted by molar-refractivity contribution is 5.81. The molecule has 0 aliphatic heterocycles. The van der Waals surface area contributed by atoms with Crippen LogP contribution >= 0.6 is 0 Å². The Morgan fingerprint density at radius 2 is 1.51 bits per heavy atom. The molecule has 0 saturated carbocycles. The molecule has 0 bridgehead atoms. The molecule has 4 aromatic rings. The molecule has 1 amide bonds. The number of aliphatic carboxylic acids is 1. The lowest BCUT2D eigenvalue weighted by Gasteiger charge is -2.18. The van der Waals surface area contributed by atoms with Gasteiger partial charge in [0.25, 0.3) is 0 Å². The lowest BCUT2D eigenvalue weighted by Crippen LogP contribution is -2.42. The number of halogens is 2. The Hall–Kier alpha value is -4.52. The fourth-order valence-electron chi connectivity index (χ4n) is 4.81. The Morgan fingerprint density at radius 3 is 2.16 bits per heavy atom. The molecule has 0 aromatic heterocycles. The van der Waals surface area contributed by atoms with E-state index < -0.39 is 29.7 Å². The number of nitrogens with one attached hydrogen (secondary N) is 1. The molecule has 0 heterocycles. The fraction of sp³-hybridized carbons (Fsp3) is 0.133. The third-order valence-corrected chi connectivity index (χ3v) is 6.54. The Balaban J connectivity index is 1.27. The Kier molecular flexibility index (Phi) is 6.68. The normalized spacial score (nSPS) is 12.9. The van der Waals surface area contributed by atoms with Gasteiger partial charge < -0.3 is 15.2 Å². The summed E-state index contributed by atoms with van der Waals surface area (Å²) in [5.74, 6) is -2.78. The summed E-state index contributed by atoms with van der Waals surface area (Å²) in [5.41, 5.74) is 5.51. The van der Waals surface area contributed by atoms with Crippen LogP contribution in [0.25, 0.3) is 22.3 Å². The van der Waals surface area contributed by atoms with Crippen molar-refractivity contribution in [1.29, 1.82) is 0 Å². The van der Waals surface area contributed by atoms with Crippen molar-refractivity contribution < 1.29 is 28.2 Å². The summed E-state index contributed by atoms with van der Waals surface area (Å²) in [6.45, 7) is 0.0610. The van der Waals surface area contributed by atoms with E-state index in [1.165, 1.54) is 6.07 Å². The minimum atomic E-state index is -1.26. The number of amides is 1. The molecule has 5 rings (SSSR count). The highest BCUT2D eigenvalue weighted by Gasteiger charge is 2.29. The van der Waals surface area contributed by atoms with E-state index in [0.29, 0.717) is 11.1 Å². The van der Waals surface area contributed by atoms with Gasteiger partial charge in [-0.25, -0.2) is 18.4 Å². The summed E-state index contributed by atoms with van der Waals surface area (Å²) in [7, 11) is 0. The summed E-state index contributed by atoms with van der Waals surface area (Å²) >= 11 is 0. The molecule has 7 heteroatoms. The molecule has 37 heavy (non-hydrogen) atoms. The van der Waals surface area contributed by atoms with Crippen LogP contribution in [-0.4, -0.2) is 29.8 Å². The second-order valence-corrected chi connectivity index (χ2v) is 8.89. The lowest BCUT2D eigenvalue weighted by atomic mass is 9.98. The number of carbonyl (C=O) groups excluding carboxylic acids is 1. The number of fused-ring (bicyclic) bond motifs is 3. The van der Waals surface area contributed by atoms with Gasteiger partial charge in [-0.1, -0.05) is 72.8 Å². The van der Waals surface area contributed by atoms with Crippen molar-refractivity contribution in [2.45, 2.75) is 18.4 Å². The van der Waals surface area contributed by atoms with E-state index in [4.69, 9.17) is 4.74 Å². The van der Waals surface area contributed by atoms with Crippen LogP contribution in [0, 0.1) is 11.6 Å². The third kappa shape index (κ3) is 5.07. The first-order valence-corrected chi connectivity index (χ1v) is 11.8. The van der Waals surface area contributed by atoms with Crippen molar-refractivity contribution in [1.82, 2.24) is 5.32 Å². The molecule has 0 saturated heterocycles. The number of carboxylic acid groups (broad SMARTS) is 1. The van der Waals surface area contributed by atoms with Crippen LogP contribution in [-0.2, 0) is 16.0 Å². The van der Waals surface area contributed by atoms with Crippen LogP contribution in [0.4, 0.5) is 13.6 Å². The summed E-state index contributed by atoms with van der Waals surface area (Å²) in [6, 6.07) is 24.5. The summed E-state index contributed by atoms with van der Waals surface area (Å²) < 4.78 is 33.0. The number of hydrogen-bond donors (Lipinski definition) is 2. The quantitative estimate of drug-likeness (QED) is 0.319. The first-order valence-electron chi connectivity index (χ1n) is 11.8. The van der Waals surface area contributed by atoms with Crippen molar-refractivity contribution in [3.8, 4) is 22.3 Å². The number of alkyl carbamates (subject to hydrolysis) is 1. The van der Waals surface area contributed by atoms with Crippen molar-refractivity contribution in [3.05, 3.63) is 119 Å². The van der Waals surface area contributed by atoms with Crippen LogP contribution in [0.15, 0.2) is 91.0 Å². The van der Waals surface area contributed by atoms with Gasteiger partial charge in [0.15, 0.2) is 0 Å². The molecule has 0 fully saturated rings. The molecule has 2 N–H and O–H groups in total. The predicted octanol–water partition coefficient (Wildman–Crippen LogP) is 6.17. The van der Waals surface area contributed by atoms with Gasteiger partial charge >= 0.3 is 12.1 Å². The predicted molar refractivity (Wildman–Crippen MR) is 135 cm³/mol. The first-order chi connectivity index (χ1) is 17.9. The molecule has 0 radical (unpaired) electrons. The molecule has 1 unspecified atom stereocenters. The highest BCUT2D eigenvalue weighted by Crippen LogP contribution is 2.44. The fourth-order valence-corrected chi connectivity index (χ4v) is 4.81. The smallest absolute Gasteiger partial charge is 0.407 e. The van der Waals surface area contributed by atoms with Gasteiger partial charge in [0.05, 0.1) is 0 Å². The van der Waals surface area contributed by atoms with E-state index in [-0.39, 0.29) is 24.5 Å². The standard InChI is InChI=1S/C30H23F2NO4/c31-20-12-13-21(27(32)16-20)19-7-5-6-18(14-19)15-28(29(34)35)33-30(36)37-17-26-24-10-3-1-8-22(24)23-9-2-4-11-25(23)26/h1-14,16,26,28H,15,17H2,(H,33,36)(H,34,35). The molecular formula is C30H23F2NO4. The maximum Gasteiger partial charge on any atom is 0.407 e. The van der Waals surface area contributed by atoms with Crippen molar-refractivity contribution in [3.63, 3.8) is 0 Å². The van der Waals surface area contributed by atoms with Crippen LogP contribution in [0.5, 0.6) is 0 Å². The van der Waals surface area contributed by atoms with Crippen molar-refractivity contribution in [2.24, 2.45) is 0 Å². The zero-order valence-corrected chi connectivity index (χ0v) is 19.7. The van der Waals surface area contributed by atoms with Crippen LogP contribution in [0.1, 0.15) is 22.6 Å². The molecule has 1 atom stereocenters. The molecule has 186 valence electrons. The molecule has 1 aliphatic rings. The van der Waals surface area contributed by atoms with Gasteiger partial charge in [0.2, 0.25) is 0 Å². The van der Waals surface area contributed by atoms with E-state index in [9.17, 15) is 23.5 Å². The highest BCUT2D eigenvalue weighted by atomic mass is 19.1. The zero-order chi connectivity index (χ0) is 25.9. The number of hydrogen-bond acceptors (Lipinski definition) is 3. The summed E-state index contributed by atoms with van der Waals surface area (Å²) in [6.07, 6.45) is -0.883. The van der Waals surface area contributed by atoms with E-state index in [1.807, 2.05) is 48.5 Å². The lowest BCUT2D eigenvalue weighted by molar-refractivity contribution is -0.139. The van der Waals surface area contributed by atoms with E-state index in [1.54, 1.807) is 24.3 Å². The topological polar surface area (TPSA) is 75.6 Å². The molecule has 5 nitrogen and oxygen atoms in total. The first kappa shape index (κ1) is 24.2. The van der Waals surface area contributed by atoms with E-state index >= 15 is 0 Å². The second kappa shape index (κ2) is 10.2. The molecule has 4 aromatic carbocycles. The van der Waals surface area contributed by atoms with E-state index in [2.05, 4.69) is 5.32 Å². The van der Waals surface area contributed by atoms with Crippen LogP contribution < -0.4 is 5.32 Å². The minimum Gasteiger partial charge on any atom is -0.480 e. The average Bonchev–Trinajstić information content (AvgIpc) is 3.21. The number of benzene rings is 4. The third-order valence-electron chi connectivity index (χ3n) is 6.54. The monoisotopic (exact) mass is 499 g/mol. The number of rotatable bonds is 7. The van der Waals surface area contributed by atoms with Crippen molar-refractivity contribution in [2.75, 3.05) is 6.61 Å². The molecule has 1 aliphatic carbocycles. The van der Waals surface area contributed by atoms with Gasteiger partial charge in [0.1, 0.15) is 24.3 Å². The Bertz CT molecular complexity index is 1440. The number of ether oxygens (including phenoxy) is 1. The summed E-state index contributed by atoms with van der Waals surface area (Å²) in [4.78, 5) is 24.5. The van der Waals surface area contributed by atoms with Gasteiger partial charge in [-0.15, -0.1) is 0 Å². The SMILES string of the molecule is O=C(NC(Cc1cccc(-c2ccc(F)cc2F)c1)C(=O)O)OCC1c2ccccc2-c2ccccc21. The zero-order valence-electron chi connectivity index (χ0n) is 19.7. The number of carbonyl (C=O) groups is 2. The maximum atomic E-state index is 14.2. The largest absolute Gasteiger partial charge is 0.480 e. The summed E-state index contributed by atoms with van der Waals surface area (Å²) in [5, 5.41) is 12.1. The van der Waals surface area contributed by atoms with Crippen LogP contribution in [0.2, 0.25) is 0 Å². The Labute approximate surface area is 212 Å². The number of carboxylic acids is 1. The maximum absolute atomic E-state index is 14.2. The van der Waals surface area contributed by atoms with Gasteiger partial charge in [-0.05, 0) is 45.5 Å². The average molecular weight is 500 g/mol. The van der Waals surface area contributed by atoms with Gasteiger partial charge in [-0.2, -0.15) is 0 Å². The Morgan fingerprint density at radius 1 is 0.838 bits per heavy atom.